The number of benzene rings is 1. The SMILES string of the molecule is O=C1CCCC2=C1C(c1ccc(C(F)(F)F)c([N+](=O)[O-])c1)C1=C(CCS1)N2. The van der Waals surface area contributed by atoms with E-state index in [1.54, 1.807) is 11.8 Å². The van der Waals surface area contributed by atoms with Crippen molar-refractivity contribution in [2.45, 2.75) is 37.8 Å². The Hall–Kier alpha value is -2.29. The molecule has 0 amide bonds. The second kappa shape index (κ2) is 6.40. The molecule has 2 heterocycles. The lowest BCUT2D eigenvalue weighted by atomic mass is 9.79. The molecular formula is C18H15F3N2O3S. The van der Waals surface area contributed by atoms with E-state index in [-0.39, 0.29) is 5.78 Å². The van der Waals surface area contributed by atoms with Gasteiger partial charge in [-0.15, -0.1) is 11.8 Å². The topological polar surface area (TPSA) is 72.2 Å². The van der Waals surface area contributed by atoms with Gasteiger partial charge in [0.25, 0.3) is 5.69 Å². The van der Waals surface area contributed by atoms with E-state index in [1.807, 2.05) is 0 Å². The molecule has 9 heteroatoms. The summed E-state index contributed by atoms with van der Waals surface area (Å²) >= 11 is 1.55. The van der Waals surface area contributed by atoms with Gasteiger partial charge in [0, 0.05) is 46.0 Å². The van der Waals surface area contributed by atoms with Crippen molar-refractivity contribution in [1.82, 2.24) is 5.32 Å². The summed E-state index contributed by atoms with van der Waals surface area (Å²) in [5.41, 5.74) is 0.432. The van der Waals surface area contributed by atoms with Gasteiger partial charge in [-0.1, -0.05) is 6.07 Å². The van der Waals surface area contributed by atoms with Crippen molar-refractivity contribution in [3.05, 3.63) is 61.3 Å². The van der Waals surface area contributed by atoms with Gasteiger partial charge in [-0.25, -0.2) is 0 Å². The van der Waals surface area contributed by atoms with E-state index in [0.29, 0.717) is 24.0 Å². The maximum absolute atomic E-state index is 13.1. The van der Waals surface area contributed by atoms with Gasteiger partial charge in [0.1, 0.15) is 5.56 Å². The molecule has 142 valence electrons. The molecule has 3 aliphatic rings. The number of thioether (sulfide) groups is 1. The minimum absolute atomic E-state index is 0.0460. The van der Waals surface area contributed by atoms with Crippen molar-refractivity contribution in [1.29, 1.82) is 0 Å². The third-order valence-electron chi connectivity index (χ3n) is 5.07. The van der Waals surface area contributed by atoms with Crippen LogP contribution in [0.15, 0.2) is 40.1 Å². The Kier molecular flexibility index (Phi) is 4.29. The van der Waals surface area contributed by atoms with Crippen molar-refractivity contribution in [3.63, 3.8) is 0 Å². The van der Waals surface area contributed by atoms with Gasteiger partial charge >= 0.3 is 6.18 Å². The summed E-state index contributed by atoms with van der Waals surface area (Å²) in [5, 5.41) is 14.6. The van der Waals surface area contributed by atoms with Crippen molar-refractivity contribution < 1.29 is 22.9 Å². The molecule has 1 N–H and O–H groups in total. The maximum atomic E-state index is 13.1. The third-order valence-corrected chi connectivity index (χ3v) is 6.27. The number of nitro benzene ring substituents is 1. The van der Waals surface area contributed by atoms with Crippen LogP contribution in [0.2, 0.25) is 0 Å². The highest BCUT2D eigenvalue weighted by Crippen LogP contribution is 2.51. The number of allylic oxidation sites excluding steroid dienone is 4. The lowest BCUT2D eigenvalue weighted by Gasteiger charge is -2.33. The number of halogens is 3. The van der Waals surface area contributed by atoms with Crippen molar-refractivity contribution in [2.75, 3.05) is 5.75 Å². The molecule has 2 aliphatic heterocycles. The average Bonchev–Trinajstić information content (AvgIpc) is 3.07. The van der Waals surface area contributed by atoms with Crippen LogP contribution in [0.25, 0.3) is 0 Å². The largest absolute Gasteiger partial charge is 0.422 e. The number of alkyl halides is 3. The zero-order chi connectivity index (χ0) is 19.3. The van der Waals surface area contributed by atoms with Gasteiger partial charge in [0.15, 0.2) is 5.78 Å². The van der Waals surface area contributed by atoms with Crippen LogP contribution in [-0.4, -0.2) is 16.5 Å². The number of Topliss-reactive ketones (excluding diaryl/α,β-unsaturated/α-hetero) is 1. The van der Waals surface area contributed by atoms with Gasteiger partial charge < -0.3 is 5.32 Å². The number of hydrogen-bond donors (Lipinski definition) is 1. The average molecular weight is 396 g/mol. The van der Waals surface area contributed by atoms with Gasteiger partial charge in [-0.2, -0.15) is 13.2 Å². The highest BCUT2D eigenvalue weighted by molar-refractivity contribution is 8.03. The van der Waals surface area contributed by atoms with Gasteiger partial charge in [-0.05, 0) is 30.9 Å². The molecular weight excluding hydrogens is 381 g/mol. The fraction of sp³-hybridized carbons (Fsp3) is 0.389. The lowest BCUT2D eigenvalue weighted by Crippen LogP contribution is -2.30. The van der Waals surface area contributed by atoms with E-state index in [0.717, 1.165) is 47.0 Å². The normalized spacial score (nSPS) is 22.5. The van der Waals surface area contributed by atoms with E-state index >= 15 is 0 Å². The molecule has 5 nitrogen and oxygen atoms in total. The number of dihydropyridines is 1. The summed E-state index contributed by atoms with van der Waals surface area (Å²) in [4.78, 5) is 23.8. The first-order valence-corrected chi connectivity index (χ1v) is 9.50. The first-order chi connectivity index (χ1) is 12.8. The molecule has 0 bridgehead atoms. The number of rotatable bonds is 2. The number of carbonyl (C=O) groups excluding carboxylic acids is 1. The maximum Gasteiger partial charge on any atom is 0.422 e. The molecule has 0 saturated carbocycles. The predicted octanol–water partition coefficient (Wildman–Crippen LogP) is 4.66. The first-order valence-electron chi connectivity index (χ1n) is 8.52. The number of nitrogens with one attached hydrogen (secondary N) is 1. The van der Waals surface area contributed by atoms with E-state index < -0.39 is 28.3 Å². The minimum Gasteiger partial charge on any atom is -0.361 e. The Morgan fingerprint density at radius 3 is 2.67 bits per heavy atom. The van der Waals surface area contributed by atoms with Gasteiger partial charge in [0.2, 0.25) is 0 Å². The standard InChI is InChI=1S/C18H15F3N2O3S/c19-18(20,21)10-5-4-9(8-13(10)23(25)26)15-16-11(2-1-3-14(16)24)22-12-6-7-27-17(12)15/h4-5,8,15,22H,1-3,6-7H2. The molecule has 1 unspecified atom stereocenters. The third kappa shape index (κ3) is 3.03. The number of carbonyl (C=O) groups is 1. The number of nitrogens with zero attached hydrogens (tertiary/aromatic N) is 1. The molecule has 1 aromatic rings. The monoisotopic (exact) mass is 396 g/mol. The summed E-state index contributed by atoms with van der Waals surface area (Å²) in [6.45, 7) is 0. The van der Waals surface area contributed by atoms with Crippen LogP contribution < -0.4 is 5.32 Å². The Labute approximate surface area is 156 Å². The van der Waals surface area contributed by atoms with Gasteiger partial charge in [0.05, 0.1) is 4.92 Å². The summed E-state index contributed by atoms with van der Waals surface area (Å²) in [7, 11) is 0. The molecule has 0 spiro atoms. The van der Waals surface area contributed by atoms with E-state index in [1.165, 1.54) is 6.07 Å². The van der Waals surface area contributed by atoms with E-state index in [9.17, 15) is 28.1 Å². The van der Waals surface area contributed by atoms with Crippen LogP contribution in [-0.2, 0) is 11.0 Å². The molecule has 0 aromatic heterocycles. The first kappa shape index (κ1) is 18.1. The van der Waals surface area contributed by atoms with Crippen LogP contribution in [0, 0.1) is 10.1 Å². The lowest BCUT2D eigenvalue weighted by molar-refractivity contribution is -0.388. The van der Waals surface area contributed by atoms with E-state index in [4.69, 9.17) is 0 Å². The Bertz CT molecular complexity index is 921. The summed E-state index contributed by atoms with van der Waals surface area (Å²) in [6, 6.07) is 3.00. The van der Waals surface area contributed by atoms with E-state index in [2.05, 4.69) is 5.32 Å². The summed E-state index contributed by atoms with van der Waals surface area (Å²) in [5.74, 6) is 0.235. The fourth-order valence-electron chi connectivity index (χ4n) is 3.93. The second-order valence-corrected chi connectivity index (χ2v) is 7.84. The number of nitro groups is 1. The van der Waals surface area contributed by atoms with Crippen LogP contribution in [0.4, 0.5) is 18.9 Å². The Morgan fingerprint density at radius 2 is 1.96 bits per heavy atom. The molecule has 27 heavy (non-hydrogen) atoms. The highest BCUT2D eigenvalue weighted by atomic mass is 32.2. The molecule has 0 fully saturated rings. The minimum atomic E-state index is -4.81. The summed E-state index contributed by atoms with van der Waals surface area (Å²) < 4.78 is 39.4. The molecule has 1 aliphatic carbocycles. The zero-order valence-corrected chi connectivity index (χ0v) is 14.9. The van der Waals surface area contributed by atoms with Crippen LogP contribution in [0.5, 0.6) is 0 Å². The fourth-order valence-corrected chi connectivity index (χ4v) is 5.21. The Balaban J connectivity index is 1.88. The summed E-state index contributed by atoms with van der Waals surface area (Å²) in [6.07, 6.45) is -2.23. The highest BCUT2D eigenvalue weighted by Gasteiger charge is 2.42. The van der Waals surface area contributed by atoms with Crippen LogP contribution >= 0.6 is 11.8 Å². The predicted molar refractivity (Wildman–Crippen MR) is 94.0 cm³/mol. The van der Waals surface area contributed by atoms with Crippen LogP contribution in [0.3, 0.4) is 0 Å². The van der Waals surface area contributed by atoms with Crippen molar-refractivity contribution >= 4 is 23.2 Å². The molecule has 1 atom stereocenters. The Morgan fingerprint density at radius 1 is 1.19 bits per heavy atom. The molecule has 4 rings (SSSR count). The zero-order valence-electron chi connectivity index (χ0n) is 14.1. The van der Waals surface area contributed by atoms with Crippen molar-refractivity contribution in [2.24, 2.45) is 0 Å². The quantitative estimate of drug-likeness (QED) is 0.582. The van der Waals surface area contributed by atoms with Crippen molar-refractivity contribution in [3.8, 4) is 0 Å². The number of ketones is 1. The molecule has 1 aromatic carbocycles. The number of hydrogen-bond acceptors (Lipinski definition) is 5. The van der Waals surface area contributed by atoms with Crippen LogP contribution in [0.1, 0.15) is 42.7 Å². The van der Waals surface area contributed by atoms with Gasteiger partial charge in [-0.3, -0.25) is 14.9 Å². The molecule has 0 radical (unpaired) electrons. The second-order valence-electron chi connectivity index (χ2n) is 6.70. The molecule has 0 saturated heterocycles. The smallest absolute Gasteiger partial charge is 0.361 e.